The van der Waals surface area contributed by atoms with Crippen LogP contribution in [0, 0.1) is 23.2 Å². The number of hydrogen-bond donors (Lipinski definition) is 1. The summed E-state index contributed by atoms with van der Waals surface area (Å²) in [6.45, 7) is 4.48. The molecule has 2 atom stereocenters. The zero-order valence-electron chi connectivity index (χ0n) is 9.83. The smallest absolute Gasteiger partial charge is 0.306 e. The van der Waals surface area contributed by atoms with Gasteiger partial charge in [0.15, 0.2) is 0 Å². The highest BCUT2D eigenvalue weighted by atomic mass is 16.4. The molecule has 0 heterocycles. The van der Waals surface area contributed by atoms with Crippen LogP contribution in [0.25, 0.3) is 0 Å². The van der Waals surface area contributed by atoms with E-state index in [1.165, 1.54) is 32.1 Å². The molecular formula is C13H22O2. The van der Waals surface area contributed by atoms with E-state index >= 15 is 0 Å². The van der Waals surface area contributed by atoms with Crippen molar-refractivity contribution in [1.82, 2.24) is 0 Å². The average Bonchev–Trinajstić information content (AvgIpc) is 2.16. The second kappa shape index (κ2) is 3.80. The third-order valence-electron chi connectivity index (χ3n) is 4.56. The molecule has 0 aliphatic heterocycles. The van der Waals surface area contributed by atoms with Gasteiger partial charge < -0.3 is 5.11 Å². The molecule has 0 aromatic rings. The quantitative estimate of drug-likeness (QED) is 0.759. The molecule has 1 N–H and O–H groups in total. The molecule has 0 radical (unpaired) electrons. The Hall–Kier alpha value is -0.530. The summed E-state index contributed by atoms with van der Waals surface area (Å²) in [4.78, 5) is 11.1. The van der Waals surface area contributed by atoms with E-state index < -0.39 is 5.97 Å². The predicted octanol–water partition coefficient (Wildman–Crippen LogP) is 3.31. The molecule has 0 aromatic heterocycles. The third-order valence-corrected chi connectivity index (χ3v) is 4.56. The van der Waals surface area contributed by atoms with Gasteiger partial charge in [0, 0.05) is 0 Å². The Kier molecular flexibility index (Phi) is 2.78. The molecule has 2 heteroatoms. The number of carboxylic acids is 1. The van der Waals surface area contributed by atoms with Gasteiger partial charge in [-0.2, -0.15) is 0 Å². The van der Waals surface area contributed by atoms with E-state index in [1.807, 2.05) is 0 Å². The summed E-state index contributed by atoms with van der Waals surface area (Å²) >= 11 is 0. The molecule has 2 rings (SSSR count). The molecule has 0 amide bonds. The second-order valence-corrected chi connectivity index (χ2v) is 6.06. The standard InChI is InChI=1S/C13H22O2/c1-13(2)8-10(12(14)15)11(13)9-6-4-3-5-7-9/h9-11H,3-8H2,1-2H3,(H,14,15)/t10-,11+/m1/s1. The molecule has 2 aliphatic carbocycles. The van der Waals surface area contributed by atoms with E-state index in [2.05, 4.69) is 13.8 Å². The fraction of sp³-hybridized carbons (Fsp3) is 0.923. The lowest BCUT2D eigenvalue weighted by molar-refractivity contribution is -0.162. The van der Waals surface area contributed by atoms with Gasteiger partial charge in [-0.1, -0.05) is 46.0 Å². The minimum absolute atomic E-state index is 0.0527. The molecule has 86 valence electrons. The van der Waals surface area contributed by atoms with E-state index in [0.29, 0.717) is 11.8 Å². The van der Waals surface area contributed by atoms with E-state index in [1.54, 1.807) is 0 Å². The molecule has 0 unspecified atom stereocenters. The SMILES string of the molecule is CC1(C)C[C@@H](C(=O)O)[C@@H]1C1CCCCC1. The van der Waals surface area contributed by atoms with Crippen molar-refractivity contribution in [3.05, 3.63) is 0 Å². The van der Waals surface area contributed by atoms with Crippen LogP contribution in [0.2, 0.25) is 0 Å². The number of carbonyl (C=O) groups is 1. The normalized spacial score (nSPS) is 35.9. The van der Waals surface area contributed by atoms with Crippen molar-refractivity contribution in [1.29, 1.82) is 0 Å². The summed E-state index contributed by atoms with van der Waals surface area (Å²) in [6, 6.07) is 0. The lowest BCUT2D eigenvalue weighted by Gasteiger charge is -2.54. The predicted molar refractivity (Wildman–Crippen MR) is 59.6 cm³/mol. The molecular weight excluding hydrogens is 188 g/mol. The van der Waals surface area contributed by atoms with E-state index in [0.717, 1.165) is 6.42 Å². The van der Waals surface area contributed by atoms with Gasteiger partial charge >= 0.3 is 5.97 Å². The lowest BCUT2D eigenvalue weighted by Crippen LogP contribution is -2.51. The minimum atomic E-state index is -0.565. The van der Waals surface area contributed by atoms with E-state index in [9.17, 15) is 4.79 Å². The van der Waals surface area contributed by atoms with Crippen LogP contribution in [0.1, 0.15) is 52.4 Å². The topological polar surface area (TPSA) is 37.3 Å². The highest BCUT2D eigenvalue weighted by Gasteiger charge is 2.53. The number of aliphatic carboxylic acids is 1. The van der Waals surface area contributed by atoms with Gasteiger partial charge in [0.25, 0.3) is 0 Å². The van der Waals surface area contributed by atoms with Crippen LogP contribution in [0.3, 0.4) is 0 Å². The maximum atomic E-state index is 11.1. The first kappa shape index (κ1) is 11.0. The molecule has 0 spiro atoms. The Morgan fingerprint density at radius 1 is 1.20 bits per heavy atom. The molecule has 0 bridgehead atoms. The number of rotatable bonds is 2. The van der Waals surface area contributed by atoms with Crippen molar-refractivity contribution in [2.24, 2.45) is 23.2 Å². The van der Waals surface area contributed by atoms with Crippen LogP contribution >= 0.6 is 0 Å². The molecule has 2 fully saturated rings. The van der Waals surface area contributed by atoms with Gasteiger partial charge in [0.1, 0.15) is 0 Å². The summed E-state index contributed by atoms with van der Waals surface area (Å²) in [6.07, 6.45) is 7.37. The molecule has 2 saturated carbocycles. The molecule has 0 aromatic carbocycles. The molecule has 2 aliphatic rings. The Labute approximate surface area is 92.1 Å². The van der Waals surface area contributed by atoms with Gasteiger partial charge in [0.2, 0.25) is 0 Å². The largest absolute Gasteiger partial charge is 0.481 e. The fourth-order valence-corrected chi connectivity index (χ4v) is 3.91. The maximum absolute atomic E-state index is 11.1. The summed E-state index contributed by atoms with van der Waals surface area (Å²) in [7, 11) is 0. The van der Waals surface area contributed by atoms with E-state index in [4.69, 9.17) is 5.11 Å². The van der Waals surface area contributed by atoms with Crippen LogP contribution in [0.4, 0.5) is 0 Å². The van der Waals surface area contributed by atoms with Crippen molar-refractivity contribution in [2.45, 2.75) is 52.4 Å². The van der Waals surface area contributed by atoms with Gasteiger partial charge in [-0.3, -0.25) is 4.79 Å². The van der Waals surface area contributed by atoms with E-state index in [-0.39, 0.29) is 11.3 Å². The Bertz CT molecular complexity index is 251. The zero-order valence-corrected chi connectivity index (χ0v) is 9.83. The first-order valence-electron chi connectivity index (χ1n) is 6.25. The van der Waals surface area contributed by atoms with Crippen LogP contribution in [-0.2, 0) is 4.79 Å². The van der Waals surface area contributed by atoms with Crippen molar-refractivity contribution < 1.29 is 9.90 Å². The first-order valence-corrected chi connectivity index (χ1v) is 6.25. The highest BCUT2D eigenvalue weighted by Crippen LogP contribution is 2.56. The summed E-state index contributed by atoms with van der Waals surface area (Å²) in [5.74, 6) is 0.506. The zero-order chi connectivity index (χ0) is 11.1. The van der Waals surface area contributed by atoms with Gasteiger partial charge in [0.05, 0.1) is 5.92 Å². The van der Waals surface area contributed by atoms with Crippen LogP contribution < -0.4 is 0 Å². The van der Waals surface area contributed by atoms with Crippen molar-refractivity contribution in [2.75, 3.05) is 0 Å². The van der Waals surface area contributed by atoms with Crippen LogP contribution in [-0.4, -0.2) is 11.1 Å². The lowest BCUT2D eigenvalue weighted by atomic mass is 9.50. The maximum Gasteiger partial charge on any atom is 0.306 e. The van der Waals surface area contributed by atoms with Crippen molar-refractivity contribution in [3.8, 4) is 0 Å². The third kappa shape index (κ3) is 1.91. The number of carboxylic acid groups (broad SMARTS) is 1. The van der Waals surface area contributed by atoms with Gasteiger partial charge in [-0.15, -0.1) is 0 Å². The average molecular weight is 210 g/mol. The van der Waals surface area contributed by atoms with Crippen molar-refractivity contribution >= 4 is 5.97 Å². The first-order chi connectivity index (χ1) is 7.02. The summed E-state index contributed by atoms with van der Waals surface area (Å²) < 4.78 is 0. The van der Waals surface area contributed by atoms with Crippen molar-refractivity contribution in [3.63, 3.8) is 0 Å². The Morgan fingerprint density at radius 2 is 1.80 bits per heavy atom. The monoisotopic (exact) mass is 210 g/mol. The molecule has 2 nitrogen and oxygen atoms in total. The second-order valence-electron chi connectivity index (χ2n) is 6.06. The molecule has 15 heavy (non-hydrogen) atoms. The Morgan fingerprint density at radius 3 is 2.27 bits per heavy atom. The van der Waals surface area contributed by atoms with Crippen LogP contribution in [0.15, 0.2) is 0 Å². The summed E-state index contributed by atoms with van der Waals surface area (Å²) in [5, 5.41) is 9.17. The van der Waals surface area contributed by atoms with Gasteiger partial charge in [-0.05, 0) is 23.7 Å². The minimum Gasteiger partial charge on any atom is -0.481 e. The van der Waals surface area contributed by atoms with Gasteiger partial charge in [-0.25, -0.2) is 0 Å². The molecule has 0 saturated heterocycles. The Balaban J connectivity index is 2.06. The number of hydrogen-bond acceptors (Lipinski definition) is 1. The summed E-state index contributed by atoms with van der Waals surface area (Å²) in [5.41, 5.74) is 0.269. The fourth-order valence-electron chi connectivity index (χ4n) is 3.91. The highest BCUT2D eigenvalue weighted by molar-refractivity contribution is 5.72. The van der Waals surface area contributed by atoms with Crippen LogP contribution in [0.5, 0.6) is 0 Å².